The Hall–Kier alpha value is -3.23. The van der Waals surface area contributed by atoms with E-state index in [0.717, 1.165) is 36.0 Å². The number of halogens is 2. The molecule has 7 nitrogen and oxygen atoms in total. The third kappa shape index (κ3) is 4.31. The lowest BCUT2D eigenvalue weighted by molar-refractivity contribution is -0.0494. The number of hydrogen-bond donors (Lipinski definition) is 0. The van der Waals surface area contributed by atoms with Gasteiger partial charge >= 0.3 is 0 Å². The van der Waals surface area contributed by atoms with E-state index >= 15 is 0 Å². The normalized spacial score (nSPS) is 22.4. The van der Waals surface area contributed by atoms with Crippen molar-refractivity contribution in [1.29, 1.82) is 0 Å². The molecule has 34 heavy (non-hydrogen) atoms. The van der Waals surface area contributed by atoms with Gasteiger partial charge in [-0.15, -0.1) is 0 Å². The van der Waals surface area contributed by atoms with Crippen molar-refractivity contribution in [2.45, 2.75) is 56.9 Å². The van der Waals surface area contributed by atoms with E-state index in [1.165, 1.54) is 24.2 Å². The van der Waals surface area contributed by atoms with E-state index in [2.05, 4.69) is 21.6 Å². The lowest BCUT2D eigenvalue weighted by Crippen LogP contribution is -2.42. The topological polar surface area (TPSA) is 55.3 Å². The van der Waals surface area contributed by atoms with E-state index in [-0.39, 0.29) is 31.8 Å². The van der Waals surface area contributed by atoms with Crippen molar-refractivity contribution >= 4 is 17.6 Å². The van der Waals surface area contributed by atoms with Crippen LogP contribution in [0.3, 0.4) is 0 Å². The van der Waals surface area contributed by atoms with E-state index < -0.39 is 5.92 Å². The molecular formula is C25H30F2N6O. The number of amides is 1. The van der Waals surface area contributed by atoms with E-state index in [1.807, 2.05) is 36.4 Å². The summed E-state index contributed by atoms with van der Waals surface area (Å²) in [5.74, 6) is -0.556. The number of nitrogens with zero attached hydrogens (tertiary/aromatic N) is 6. The highest BCUT2D eigenvalue weighted by Gasteiger charge is 2.36. The maximum Gasteiger partial charge on any atom is 0.255 e. The van der Waals surface area contributed by atoms with Gasteiger partial charge in [0.05, 0.1) is 5.56 Å². The Morgan fingerprint density at radius 2 is 1.91 bits per heavy atom. The molecule has 0 unspecified atom stereocenters. The molecule has 0 atom stereocenters. The van der Waals surface area contributed by atoms with Crippen LogP contribution in [-0.2, 0) is 0 Å². The van der Waals surface area contributed by atoms with Crippen molar-refractivity contribution < 1.29 is 13.6 Å². The number of piperidine rings is 1. The number of anilines is 1. The highest BCUT2D eigenvalue weighted by molar-refractivity contribution is 5.98. The van der Waals surface area contributed by atoms with E-state index in [0.29, 0.717) is 11.6 Å². The van der Waals surface area contributed by atoms with Crippen LogP contribution in [0.2, 0.25) is 0 Å². The van der Waals surface area contributed by atoms with Gasteiger partial charge in [-0.1, -0.05) is 25.8 Å². The lowest BCUT2D eigenvalue weighted by Gasteiger charge is -2.37. The maximum atomic E-state index is 13.5. The van der Waals surface area contributed by atoms with Crippen molar-refractivity contribution in [1.82, 2.24) is 19.8 Å². The van der Waals surface area contributed by atoms with Crippen molar-refractivity contribution in [2.24, 2.45) is 5.10 Å². The Morgan fingerprint density at radius 1 is 1.18 bits per heavy atom. The lowest BCUT2D eigenvalue weighted by atomic mass is 9.93. The summed E-state index contributed by atoms with van der Waals surface area (Å²) in [6.45, 7) is 4.20. The molecule has 1 aromatic rings. The smallest absolute Gasteiger partial charge is 0.255 e. The molecule has 1 aliphatic carbocycles. The van der Waals surface area contributed by atoms with Crippen LogP contribution in [0.1, 0.15) is 55.3 Å². The zero-order valence-corrected chi connectivity index (χ0v) is 19.5. The molecule has 1 amide bonds. The number of carbonyl (C=O) groups excluding carboxylic acids is 1. The predicted molar refractivity (Wildman–Crippen MR) is 127 cm³/mol. The number of carbonyl (C=O) groups is 1. The third-order valence-corrected chi connectivity index (χ3v) is 7.06. The molecule has 4 aliphatic rings. The molecule has 1 aromatic heterocycles. The molecule has 0 radical (unpaired) electrons. The number of alkyl halides is 2. The van der Waals surface area contributed by atoms with E-state index in [4.69, 9.17) is 0 Å². The molecule has 0 bridgehead atoms. The molecule has 5 rings (SSSR count). The van der Waals surface area contributed by atoms with Gasteiger partial charge in [-0.05, 0) is 31.1 Å². The summed E-state index contributed by atoms with van der Waals surface area (Å²) in [6.07, 6.45) is 12.8. The van der Waals surface area contributed by atoms with Gasteiger partial charge < -0.3 is 9.80 Å². The number of amidine groups is 1. The molecule has 0 spiro atoms. The number of pyridine rings is 1. The maximum absolute atomic E-state index is 13.5. The van der Waals surface area contributed by atoms with Gasteiger partial charge in [-0.25, -0.2) is 13.8 Å². The Labute approximate surface area is 198 Å². The molecule has 1 saturated carbocycles. The summed E-state index contributed by atoms with van der Waals surface area (Å²) in [6, 6.07) is 3.93. The summed E-state index contributed by atoms with van der Waals surface area (Å²) < 4.78 is 27.0. The molecule has 3 aliphatic heterocycles. The number of aromatic nitrogens is 1. The Bertz CT molecular complexity index is 1050. The summed E-state index contributed by atoms with van der Waals surface area (Å²) in [4.78, 5) is 23.2. The first-order valence-electron chi connectivity index (χ1n) is 12.0. The second kappa shape index (κ2) is 8.85. The SMILES string of the molecule is C=C1N(C)N=C2C=C(N(c3ccc(C(=O)N4CCC(F)(F)CC4)cn3)C3CCCCC3)C=CN12. The Morgan fingerprint density at radius 3 is 2.59 bits per heavy atom. The molecule has 2 fully saturated rings. The van der Waals surface area contributed by atoms with Crippen LogP contribution >= 0.6 is 0 Å². The number of hydrazone groups is 1. The summed E-state index contributed by atoms with van der Waals surface area (Å²) in [5, 5.41) is 6.31. The Kier molecular flexibility index (Phi) is 5.87. The van der Waals surface area contributed by atoms with Crippen LogP contribution < -0.4 is 4.90 Å². The molecule has 1 saturated heterocycles. The first-order chi connectivity index (χ1) is 16.3. The highest BCUT2D eigenvalue weighted by atomic mass is 19.3. The molecular weight excluding hydrogens is 438 g/mol. The first-order valence-corrected chi connectivity index (χ1v) is 12.0. The summed E-state index contributed by atoms with van der Waals surface area (Å²) in [7, 11) is 1.87. The van der Waals surface area contributed by atoms with Crippen LogP contribution in [0.15, 0.2) is 59.9 Å². The fourth-order valence-corrected chi connectivity index (χ4v) is 5.03. The summed E-state index contributed by atoms with van der Waals surface area (Å²) >= 11 is 0. The van der Waals surface area contributed by atoms with Crippen LogP contribution in [0.5, 0.6) is 0 Å². The minimum absolute atomic E-state index is 0.0673. The second-order valence-electron chi connectivity index (χ2n) is 9.37. The molecule has 4 heterocycles. The average molecular weight is 469 g/mol. The number of rotatable bonds is 4. The minimum atomic E-state index is -2.68. The van der Waals surface area contributed by atoms with Gasteiger partial charge in [-0.3, -0.25) is 14.7 Å². The van der Waals surface area contributed by atoms with Crippen LogP contribution in [0.4, 0.5) is 14.6 Å². The number of fused-ring (bicyclic) bond motifs is 1. The average Bonchev–Trinajstić information content (AvgIpc) is 3.13. The molecule has 180 valence electrons. The van der Waals surface area contributed by atoms with Crippen molar-refractivity contribution in [2.75, 3.05) is 25.0 Å². The van der Waals surface area contributed by atoms with Crippen LogP contribution in [0, 0.1) is 0 Å². The first kappa shape index (κ1) is 22.6. The molecule has 0 aromatic carbocycles. The predicted octanol–water partition coefficient (Wildman–Crippen LogP) is 4.54. The fraction of sp³-hybridized carbons (Fsp3) is 0.480. The zero-order chi connectivity index (χ0) is 23.9. The number of likely N-dealkylation sites (tertiary alicyclic amines) is 1. The molecule has 9 heteroatoms. The molecule has 0 N–H and O–H groups in total. The number of hydrogen-bond acceptors (Lipinski definition) is 6. The van der Waals surface area contributed by atoms with Gasteiger partial charge in [-0.2, -0.15) is 5.10 Å². The van der Waals surface area contributed by atoms with Crippen LogP contribution in [0.25, 0.3) is 0 Å². The third-order valence-electron chi connectivity index (χ3n) is 7.06. The quantitative estimate of drug-likeness (QED) is 0.650. The largest absolute Gasteiger partial charge is 0.338 e. The van der Waals surface area contributed by atoms with Gasteiger partial charge in [0.2, 0.25) is 0 Å². The minimum Gasteiger partial charge on any atom is -0.338 e. The van der Waals surface area contributed by atoms with Gasteiger partial charge in [0.1, 0.15) is 11.6 Å². The standard InChI is InChI=1S/C25H30F2N6O/c1-18-30(2)29-23-16-21(10-13-32(18)23)33(20-6-4-3-5-7-20)22-9-8-19(17-28-22)24(34)31-14-11-25(26,27)12-15-31/h8-10,13,16-17,20H,1,3-7,11-12,14-15H2,2H3. The van der Waals surface area contributed by atoms with Crippen LogP contribution in [-0.4, -0.2) is 63.6 Å². The van der Waals surface area contributed by atoms with Gasteiger partial charge in [0.15, 0.2) is 5.84 Å². The van der Waals surface area contributed by atoms with E-state index in [1.54, 1.807) is 17.3 Å². The zero-order valence-electron chi connectivity index (χ0n) is 19.5. The van der Waals surface area contributed by atoms with Gasteiger partial charge in [0.25, 0.3) is 11.8 Å². The van der Waals surface area contributed by atoms with Crippen molar-refractivity contribution in [3.8, 4) is 0 Å². The van der Waals surface area contributed by atoms with E-state index in [9.17, 15) is 13.6 Å². The highest BCUT2D eigenvalue weighted by Crippen LogP contribution is 2.33. The van der Waals surface area contributed by atoms with Crippen molar-refractivity contribution in [3.63, 3.8) is 0 Å². The fourth-order valence-electron chi connectivity index (χ4n) is 5.03. The van der Waals surface area contributed by atoms with Gasteiger partial charge in [0, 0.05) is 63.2 Å². The Balaban J connectivity index is 1.39. The van der Waals surface area contributed by atoms with Crippen molar-refractivity contribution in [3.05, 3.63) is 60.3 Å². The second-order valence-corrected chi connectivity index (χ2v) is 9.37. The summed E-state index contributed by atoms with van der Waals surface area (Å²) in [5.41, 5.74) is 1.42. The number of allylic oxidation sites excluding steroid dienone is 1. The monoisotopic (exact) mass is 468 g/mol.